The van der Waals surface area contributed by atoms with E-state index in [4.69, 9.17) is 15.2 Å². The van der Waals surface area contributed by atoms with Crippen LogP contribution < -0.4 is 20.1 Å². The lowest BCUT2D eigenvalue weighted by molar-refractivity contribution is -0.385. The number of rotatable bonds is 3. The second kappa shape index (κ2) is 6.79. The van der Waals surface area contributed by atoms with Crippen molar-refractivity contribution < 1.29 is 19.2 Å². The molecule has 0 fully saturated rings. The molecule has 0 bridgehead atoms. The molecule has 2 aromatic carbocycles. The van der Waals surface area contributed by atoms with Gasteiger partial charge in [-0.3, -0.25) is 14.9 Å². The fourth-order valence-corrected chi connectivity index (χ4v) is 3.60. The zero-order chi connectivity index (χ0) is 19.0. The van der Waals surface area contributed by atoms with Gasteiger partial charge in [-0.05, 0) is 36.6 Å². The highest BCUT2D eigenvalue weighted by Crippen LogP contribution is 2.38. The number of hydrogen-bond donors (Lipinski definition) is 1. The maximum Gasteiger partial charge on any atom is 0.277 e. The van der Waals surface area contributed by atoms with Gasteiger partial charge in [0.15, 0.2) is 11.5 Å². The minimum absolute atomic E-state index is 0.0960. The molecule has 2 aromatic rings. The third-order valence-corrected chi connectivity index (χ3v) is 4.87. The summed E-state index contributed by atoms with van der Waals surface area (Å²) in [5.41, 5.74) is 8.61. The van der Waals surface area contributed by atoms with Crippen molar-refractivity contribution in [2.45, 2.75) is 19.3 Å². The van der Waals surface area contributed by atoms with Crippen molar-refractivity contribution in [1.29, 1.82) is 0 Å². The zero-order valence-electron chi connectivity index (χ0n) is 14.6. The van der Waals surface area contributed by atoms with Crippen LogP contribution in [0.1, 0.15) is 17.5 Å². The normalized spacial score (nSPS) is 15.2. The number of benzene rings is 2. The predicted octanol–water partition coefficient (Wildman–Crippen LogP) is 2.47. The second-order valence-electron chi connectivity index (χ2n) is 6.55. The molecule has 0 saturated heterocycles. The van der Waals surface area contributed by atoms with E-state index in [0.29, 0.717) is 42.5 Å². The number of carbonyl (C=O) groups is 1. The Bertz CT molecular complexity index is 928. The molecular weight excluding hydrogens is 350 g/mol. The number of nitrogen functional groups attached to an aromatic ring is 1. The average Bonchev–Trinajstić information content (AvgIpc) is 2.67. The third kappa shape index (κ3) is 3.14. The Labute approximate surface area is 155 Å². The Hall–Kier alpha value is -3.29. The number of carbonyl (C=O) groups excluding carboxylic acids is 1. The van der Waals surface area contributed by atoms with Crippen LogP contribution in [0.25, 0.3) is 0 Å². The number of nitrogens with two attached hydrogens (primary N) is 1. The van der Waals surface area contributed by atoms with Crippen LogP contribution in [0.2, 0.25) is 0 Å². The van der Waals surface area contributed by atoms with Crippen molar-refractivity contribution >= 4 is 23.0 Å². The number of ether oxygens (including phenoxy) is 2. The molecule has 4 rings (SSSR count). The molecule has 8 nitrogen and oxygen atoms in total. The van der Waals surface area contributed by atoms with Crippen LogP contribution in [0.15, 0.2) is 30.3 Å². The highest BCUT2D eigenvalue weighted by atomic mass is 16.6. The van der Waals surface area contributed by atoms with Crippen molar-refractivity contribution in [1.82, 2.24) is 0 Å². The maximum atomic E-state index is 13.0. The highest BCUT2D eigenvalue weighted by Gasteiger charge is 2.28. The number of hydrogen-bond acceptors (Lipinski definition) is 6. The van der Waals surface area contributed by atoms with E-state index in [1.165, 1.54) is 12.1 Å². The summed E-state index contributed by atoms with van der Waals surface area (Å²) in [6.45, 7) is 1.28. The molecule has 0 radical (unpaired) electrons. The molecule has 0 aromatic heterocycles. The number of anilines is 2. The summed E-state index contributed by atoms with van der Waals surface area (Å²) in [6.07, 6.45) is 1.52. The van der Waals surface area contributed by atoms with E-state index in [1.807, 2.05) is 18.2 Å². The molecule has 8 heteroatoms. The SMILES string of the molecule is Nc1cccc2c1CCCN2C(=O)Cc1cc2c(cc1[N+](=O)[O-])OCCO2. The molecule has 2 aliphatic rings. The lowest BCUT2D eigenvalue weighted by atomic mass is 9.98. The Balaban J connectivity index is 1.66. The van der Waals surface area contributed by atoms with Gasteiger partial charge in [-0.2, -0.15) is 0 Å². The summed E-state index contributed by atoms with van der Waals surface area (Å²) in [5, 5.41) is 11.5. The Morgan fingerprint density at radius 3 is 2.70 bits per heavy atom. The van der Waals surface area contributed by atoms with E-state index in [2.05, 4.69) is 0 Å². The van der Waals surface area contributed by atoms with Crippen molar-refractivity contribution in [3.8, 4) is 11.5 Å². The first kappa shape index (κ1) is 17.1. The summed E-state index contributed by atoms with van der Waals surface area (Å²) in [7, 11) is 0. The van der Waals surface area contributed by atoms with E-state index < -0.39 is 4.92 Å². The molecule has 27 heavy (non-hydrogen) atoms. The van der Waals surface area contributed by atoms with Crippen LogP contribution in [-0.4, -0.2) is 30.6 Å². The minimum Gasteiger partial charge on any atom is -0.486 e. The van der Waals surface area contributed by atoms with Crippen molar-refractivity contribution in [3.63, 3.8) is 0 Å². The van der Waals surface area contributed by atoms with Gasteiger partial charge in [0.1, 0.15) is 13.2 Å². The molecule has 2 aliphatic heterocycles. The van der Waals surface area contributed by atoms with Gasteiger partial charge in [0.2, 0.25) is 5.91 Å². The summed E-state index contributed by atoms with van der Waals surface area (Å²) >= 11 is 0. The third-order valence-electron chi connectivity index (χ3n) is 4.87. The largest absolute Gasteiger partial charge is 0.486 e. The van der Waals surface area contributed by atoms with Crippen LogP contribution >= 0.6 is 0 Å². The highest BCUT2D eigenvalue weighted by molar-refractivity contribution is 5.97. The van der Waals surface area contributed by atoms with Gasteiger partial charge in [0.05, 0.1) is 17.4 Å². The van der Waals surface area contributed by atoms with Crippen LogP contribution in [0, 0.1) is 10.1 Å². The lowest BCUT2D eigenvalue weighted by Crippen LogP contribution is -2.37. The van der Waals surface area contributed by atoms with Gasteiger partial charge in [-0.25, -0.2) is 0 Å². The van der Waals surface area contributed by atoms with Gasteiger partial charge >= 0.3 is 0 Å². The molecule has 0 saturated carbocycles. The van der Waals surface area contributed by atoms with Crippen LogP contribution in [0.4, 0.5) is 17.1 Å². The topological polar surface area (TPSA) is 108 Å². The number of nitro groups is 1. The molecule has 0 aliphatic carbocycles. The Morgan fingerprint density at radius 2 is 1.96 bits per heavy atom. The molecule has 2 N–H and O–H groups in total. The smallest absolute Gasteiger partial charge is 0.277 e. The van der Waals surface area contributed by atoms with Gasteiger partial charge < -0.3 is 20.1 Å². The molecule has 0 atom stereocenters. The first-order chi connectivity index (χ1) is 13.0. The Morgan fingerprint density at radius 1 is 1.22 bits per heavy atom. The van der Waals surface area contributed by atoms with E-state index in [9.17, 15) is 14.9 Å². The first-order valence-electron chi connectivity index (χ1n) is 8.79. The zero-order valence-corrected chi connectivity index (χ0v) is 14.6. The molecule has 2 heterocycles. The standard InChI is InChI=1S/C19H19N3O5/c20-14-4-1-5-15-13(14)3-2-6-21(15)19(23)10-12-9-17-18(27-8-7-26-17)11-16(12)22(24)25/h1,4-5,9,11H,2-3,6-8,10,20H2. The van der Waals surface area contributed by atoms with Crippen molar-refractivity contribution in [2.24, 2.45) is 0 Å². The summed E-state index contributed by atoms with van der Waals surface area (Å²) in [5.74, 6) is 0.555. The monoisotopic (exact) mass is 369 g/mol. The first-order valence-corrected chi connectivity index (χ1v) is 8.79. The van der Waals surface area contributed by atoms with Gasteiger partial charge in [-0.1, -0.05) is 6.07 Å². The average molecular weight is 369 g/mol. The molecule has 140 valence electrons. The van der Waals surface area contributed by atoms with Crippen LogP contribution in [-0.2, 0) is 17.6 Å². The summed E-state index contributed by atoms with van der Waals surface area (Å²) < 4.78 is 10.9. The molecule has 0 unspecified atom stereocenters. The van der Waals surface area contributed by atoms with Crippen LogP contribution in [0.5, 0.6) is 11.5 Å². The quantitative estimate of drug-likeness (QED) is 0.506. The van der Waals surface area contributed by atoms with Crippen LogP contribution in [0.3, 0.4) is 0 Å². The number of nitrogens with zero attached hydrogens (tertiary/aromatic N) is 2. The van der Waals surface area contributed by atoms with Crippen molar-refractivity contribution in [3.05, 3.63) is 51.6 Å². The fourth-order valence-electron chi connectivity index (χ4n) is 3.60. The second-order valence-corrected chi connectivity index (χ2v) is 6.55. The summed E-state index contributed by atoms with van der Waals surface area (Å²) in [6, 6.07) is 8.36. The van der Waals surface area contributed by atoms with E-state index in [-0.39, 0.29) is 18.0 Å². The Kier molecular flexibility index (Phi) is 4.31. The lowest BCUT2D eigenvalue weighted by Gasteiger charge is -2.30. The van der Waals surface area contributed by atoms with Gasteiger partial charge in [0.25, 0.3) is 5.69 Å². The number of nitro benzene ring substituents is 1. The maximum absolute atomic E-state index is 13.0. The predicted molar refractivity (Wildman–Crippen MR) is 99.3 cm³/mol. The number of fused-ring (bicyclic) bond motifs is 2. The van der Waals surface area contributed by atoms with Gasteiger partial charge in [0, 0.05) is 23.5 Å². The molecule has 0 spiro atoms. The number of amides is 1. The molecule has 1 amide bonds. The molecular formula is C19H19N3O5. The van der Waals surface area contributed by atoms with E-state index >= 15 is 0 Å². The minimum atomic E-state index is -0.497. The summed E-state index contributed by atoms with van der Waals surface area (Å²) in [4.78, 5) is 25.6. The van der Waals surface area contributed by atoms with E-state index in [0.717, 1.165) is 24.1 Å². The fraction of sp³-hybridized carbons (Fsp3) is 0.316. The van der Waals surface area contributed by atoms with Gasteiger partial charge in [-0.15, -0.1) is 0 Å². The van der Waals surface area contributed by atoms with Crippen molar-refractivity contribution in [2.75, 3.05) is 30.4 Å². The van der Waals surface area contributed by atoms with E-state index in [1.54, 1.807) is 4.90 Å².